The van der Waals surface area contributed by atoms with E-state index in [1.54, 1.807) is 24.4 Å². The van der Waals surface area contributed by atoms with E-state index in [4.69, 9.17) is 14.5 Å². The van der Waals surface area contributed by atoms with Crippen LogP contribution >= 0.6 is 0 Å². The van der Waals surface area contributed by atoms with E-state index in [0.29, 0.717) is 29.7 Å². The number of anilines is 3. The summed E-state index contributed by atoms with van der Waals surface area (Å²) in [6.07, 6.45) is 1.80. The molecule has 1 aromatic heterocycles. The fourth-order valence-corrected chi connectivity index (χ4v) is 4.01. The summed E-state index contributed by atoms with van der Waals surface area (Å²) in [5.41, 5.74) is 3.72. The molecule has 4 aromatic rings. The average molecular weight is 473 g/mol. The van der Waals surface area contributed by atoms with Crippen LogP contribution in [0.3, 0.4) is 0 Å². The minimum atomic E-state index is -1.81. The third-order valence-corrected chi connectivity index (χ3v) is 5.86. The molecule has 0 radical (unpaired) electrons. The molecule has 0 aliphatic rings. The molecule has 34 heavy (non-hydrogen) atoms. The van der Waals surface area contributed by atoms with E-state index in [2.05, 4.69) is 27.3 Å². The van der Waals surface area contributed by atoms with Gasteiger partial charge in [-0.3, -0.25) is 0 Å². The maximum absolute atomic E-state index is 11.5. The molecule has 7 nitrogen and oxygen atoms in total. The van der Waals surface area contributed by atoms with Crippen LogP contribution in [0.5, 0.6) is 5.75 Å². The zero-order valence-corrected chi connectivity index (χ0v) is 19.9. The molecule has 2 N–H and O–H groups in total. The van der Waals surface area contributed by atoms with Crippen molar-refractivity contribution in [3.05, 3.63) is 90.6 Å². The standard InChI is InChI=1S/C26H26N5O2S/c1-3-33-22-14-12-20(13-15-22)24-17-28-26(29-21-10-7-11-23(16-21)34(27)32)30-25(24)31(2)18-19-8-5-4-6-9-19/h4-17,27H,3,18H2,1-2H3,(H,28,29,30)/q-1. The molecule has 0 saturated heterocycles. The SMILES string of the molecule is CCOc1ccc(-c2cnc(Nc3cccc([S-](=N)=O)c3)nc2N(C)Cc2ccccc2)cc1. The summed E-state index contributed by atoms with van der Waals surface area (Å²) in [4.78, 5) is 11.9. The highest BCUT2D eigenvalue weighted by Gasteiger charge is 2.15. The van der Waals surface area contributed by atoms with Crippen molar-refractivity contribution in [1.82, 2.24) is 9.97 Å². The Morgan fingerprint density at radius 1 is 1.03 bits per heavy atom. The molecule has 0 atom stereocenters. The van der Waals surface area contributed by atoms with Crippen LogP contribution in [-0.4, -0.2) is 23.6 Å². The van der Waals surface area contributed by atoms with Gasteiger partial charge in [-0.25, -0.2) is 4.98 Å². The van der Waals surface area contributed by atoms with E-state index in [9.17, 15) is 4.21 Å². The number of benzene rings is 3. The summed E-state index contributed by atoms with van der Waals surface area (Å²) >= 11 is 0. The quantitative estimate of drug-likeness (QED) is 0.290. The van der Waals surface area contributed by atoms with Crippen molar-refractivity contribution in [3.63, 3.8) is 0 Å². The minimum absolute atomic E-state index is 0.414. The first-order valence-corrected chi connectivity index (χ1v) is 12.0. The Kier molecular flexibility index (Phi) is 7.39. The number of hydrogen-bond donors (Lipinski definition) is 2. The molecule has 8 heteroatoms. The molecule has 174 valence electrons. The second-order valence-electron chi connectivity index (χ2n) is 7.65. The highest BCUT2D eigenvalue weighted by atomic mass is 32.2. The van der Waals surface area contributed by atoms with Gasteiger partial charge in [0.05, 0.1) is 6.61 Å². The second-order valence-corrected chi connectivity index (χ2v) is 8.66. The molecule has 0 aliphatic heterocycles. The van der Waals surface area contributed by atoms with Crippen molar-refractivity contribution in [2.24, 2.45) is 0 Å². The topological polar surface area (TPSA) is 91.2 Å². The molecule has 1 heterocycles. The lowest BCUT2D eigenvalue weighted by atomic mass is 10.1. The van der Waals surface area contributed by atoms with Gasteiger partial charge in [-0.15, -0.1) is 0 Å². The number of aromatic nitrogens is 2. The van der Waals surface area contributed by atoms with Gasteiger partial charge in [0.1, 0.15) is 11.6 Å². The number of nitrogens with zero attached hydrogens (tertiary/aromatic N) is 3. The maximum Gasteiger partial charge on any atom is 0.229 e. The Morgan fingerprint density at radius 3 is 2.50 bits per heavy atom. The van der Waals surface area contributed by atoms with E-state index in [0.717, 1.165) is 22.7 Å². The van der Waals surface area contributed by atoms with Crippen molar-refractivity contribution in [1.29, 1.82) is 4.78 Å². The molecule has 0 aliphatic carbocycles. The number of rotatable bonds is 9. The van der Waals surface area contributed by atoms with Gasteiger partial charge in [-0.2, -0.15) is 15.6 Å². The largest absolute Gasteiger partial charge is 0.494 e. The van der Waals surface area contributed by atoms with Gasteiger partial charge in [0.2, 0.25) is 5.95 Å². The fraction of sp³-hybridized carbons (Fsp3) is 0.154. The lowest BCUT2D eigenvalue weighted by molar-refractivity contribution is 0.340. The Balaban J connectivity index is 1.69. The summed E-state index contributed by atoms with van der Waals surface area (Å²) < 4.78 is 24.6. The molecule has 0 spiro atoms. The van der Waals surface area contributed by atoms with E-state index in [-0.39, 0.29) is 0 Å². The highest BCUT2D eigenvalue weighted by molar-refractivity contribution is 7.73. The van der Waals surface area contributed by atoms with Crippen LogP contribution in [-0.2, 0) is 21.3 Å². The third kappa shape index (κ3) is 5.71. The lowest BCUT2D eigenvalue weighted by Crippen LogP contribution is -2.19. The predicted octanol–water partition coefficient (Wildman–Crippen LogP) is 6.01. The van der Waals surface area contributed by atoms with Crippen molar-refractivity contribution in [2.75, 3.05) is 23.9 Å². The summed E-state index contributed by atoms with van der Waals surface area (Å²) in [5, 5.41) is 3.18. The van der Waals surface area contributed by atoms with Crippen LogP contribution in [0.4, 0.5) is 17.5 Å². The minimum Gasteiger partial charge on any atom is -0.494 e. The first-order valence-electron chi connectivity index (χ1n) is 10.9. The number of hydrogen-bond acceptors (Lipinski definition) is 8. The Morgan fingerprint density at radius 2 is 1.79 bits per heavy atom. The van der Waals surface area contributed by atoms with Crippen molar-refractivity contribution in [3.8, 4) is 16.9 Å². The highest BCUT2D eigenvalue weighted by Crippen LogP contribution is 2.31. The molecule has 0 saturated carbocycles. The zero-order chi connectivity index (χ0) is 23.9. The molecule has 0 fully saturated rings. The zero-order valence-electron chi connectivity index (χ0n) is 19.1. The monoisotopic (exact) mass is 472 g/mol. The van der Waals surface area contributed by atoms with Gasteiger partial charge in [0.25, 0.3) is 0 Å². The van der Waals surface area contributed by atoms with Crippen molar-refractivity contribution in [2.45, 2.75) is 18.4 Å². The fourth-order valence-electron chi connectivity index (χ4n) is 3.58. The van der Waals surface area contributed by atoms with E-state index in [1.807, 2.05) is 62.5 Å². The van der Waals surface area contributed by atoms with Crippen LogP contribution in [0.1, 0.15) is 12.5 Å². The number of ether oxygens (including phenoxy) is 1. The Bertz CT molecular complexity index is 1320. The van der Waals surface area contributed by atoms with Crippen molar-refractivity contribution >= 4 is 28.0 Å². The summed E-state index contributed by atoms with van der Waals surface area (Å²) in [6.45, 7) is 3.25. The summed E-state index contributed by atoms with van der Waals surface area (Å²) in [5.74, 6) is 2.00. The van der Waals surface area contributed by atoms with Crippen LogP contribution in [0.15, 0.2) is 90.0 Å². The lowest BCUT2D eigenvalue weighted by Gasteiger charge is -2.22. The van der Waals surface area contributed by atoms with Crippen LogP contribution in [0.25, 0.3) is 11.1 Å². The van der Waals surface area contributed by atoms with E-state index >= 15 is 0 Å². The van der Waals surface area contributed by atoms with Gasteiger partial charge < -0.3 is 23.9 Å². The number of nitrogens with one attached hydrogen (secondary N) is 2. The maximum atomic E-state index is 11.5. The van der Waals surface area contributed by atoms with Gasteiger partial charge >= 0.3 is 0 Å². The van der Waals surface area contributed by atoms with Gasteiger partial charge in [0, 0.05) is 31.0 Å². The van der Waals surface area contributed by atoms with Gasteiger partial charge in [-0.05, 0) is 36.2 Å². The van der Waals surface area contributed by atoms with E-state index in [1.165, 1.54) is 5.56 Å². The molecule has 0 unspecified atom stereocenters. The molecule has 0 amide bonds. The smallest absolute Gasteiger partial charge is 0.229 e. The van der Waals surface area contributed by atoms with Gasteiger partial charge in [-0.1, -0.05) is 65.6 Å². The van der Waals surface area contributed by atoms with E-state index < -0.39 is 10.6 Å². The second kappa shape index (κ2) is 10.8. The molecular formula is C26H26N5O2S-. The first-order chi connectivity index (χ1) is 16.5. The predicted molar refractivity (Wildman–Crippen MR) is 136 cm³/mol. The molecule has 4 rings (SSSR count). The normalized spacial score (nSPS) is 10.8. The van der Waals surface area contributed by atoms with Crippen LogP contribution in [0, 0.1) is 4.78 Å². The van der Waals surface area contributed by atoms with Crippen LogP contribution in [0.2, 0.25) is 0 Å². The first kappa shape index (κ1) is 23.3. The van der Waals surface area contributed by atoms with Crippen LogP contribution < -0.4 is 15.0 Å². The Hall–Kier alpha value is -3.91. The summed E-state index contributed by atoms with van der Waals surface area (Å²) in [6, 6.07) is 25.0. The van der Waals surface area contributed by atoms with Crippen molar-refractivity contribution < 1.29 is 8.95 Å². The van der Waals surface area contributed by atoms with Gasteiger partial charge in [0.15, 0.2) is 0 Å². The summed E-state index contributed by atoms with van der Waals surface area (Å²) in [7, 11) is 0.188. The molecular weight excluding hydrogens is 446 g/mol. The third-order valence-electron chi connectivity index (χ3n) is 5.17. The average Bonchev–Trinajstić information content (AvgIpc) is 2.85. The Labute approximate surface area is 201 Å². The molecule has 0 bridgehead atoms. The molecule has 3 aromatic carbocycles.